The molecular formula is C12H13N3. The highest BCUT2D eigenvalue weighted by atomic mass is 15.1. The monoisotopic (exact) mass is 199 g/mol. The number of nitrogen functional groups attached to an aromatic ring is 1. The number of nitrogens with zero attached hydrogens (tertiary/aromatic N) is 2. The van der Waals surface area contributed by atoms with Gasteiger partial charge >= 0.3 is 0 Å². The fourth-order valence-corrected chi connectivity index (χ4v) is 1.36. The number of anilines is 1. The summed E-state index contributed by atoms with van der Waals surface area (Å²) in [4.78, 5) is 0. The van der Waals surface area contributed by atoms with Gasteiger partial charge < -0.3 is 5.73 Å². The van der Waals surface area contributed by atoms with Crippen molar-refractivity contribution in [2.45, 2.75) is 13.3 Å². The summed E-state index contributed by atoms with van der Waals surface area (Å²) in [5.74, 6) is 0. The molecule has 76 valence electrons. The van der Waals surface area contributed by atoms with E-state index in [9.17, 15) is 0 Å². The van der Waals surface area contributed by atoms with Crippen LogP contribution in [-0.4, -0.2) is 10.2 Å². The molecule has 1 aromatic carbocycles. The summed E-state index contributed by atoms with van der Waals surface area (Å²) in [6, 6.07) is 11.6. The lowest BCUT2D eigenvalue weighted by Crippen LogP contribution is -1.92. The van der Waals surface area contributed by atoms with Crippen molar-refractivity contribution < 1.29 is 0 Å². The molecule has 0 unspecified atom stereocenters. The average molecular weight is 199 g/mol. The molecule has 2 aromatic rings. The van der Waals surface area contributed by atoms with Crippen molar-refractivity contribution in [2.75, 3.05) is 5.73 Å². The zero-order valence-electron chi connectivity index (χ0n) is 8.64. The van der Waals surface area contributed by atoms with Gasteiger partial charge in [-0.2, -0.15) is 10.2 Å². The normalized spacial score (nSPS) is 10.2. The molecule has 0 aliphatic carbocycles. The highest BCUT2D eigenvalue weighted by molar-refractivity contribution is 5.61. The number of hydrogen-bond donors (Lipinski definition) is 1. The van der Waals surface area contributed by atoms with Crippen LogP contribution in [0.2, 0.25) is 0 Å². The molecule has 2 N–H and O–H groups in total. The summed E-state index contributed by atoms with van der Waals surface area (Å²) >= 11 is 0. The molecule has 15 heavy (non-hydrogen) atoms. The molecule has 0 saturated carbocycles. The summed E-state index contributed by atoms with van der Waals surface area (Å²) in [7, 11) is 0. The van der Waals surface area contributed by atoms with E-state index in [1.807, 2.05) is 36.4 Å². The van der Waals surface area contributed by atoms with Crippen LogP contribution in [0.3, 0.4) is 0 Å². The first-order chi connectivity index (χ1) is 7.29. The van der Waals surface area contributed by atoms with E-state index in [0.29, 0.717) is 0 Å². The zero-order valence-corrected chi connectivity index (χ0v) is 8.64. The Balaban J connectivity index is 2.33. The Morgan fingerprint density at radius 3 is 2.27 bits per heavy atom. The van der Waals surface area contributed by atoms with Crippen LogP contribution in [0, 0.1) is 0 Å². The Kier molecular flexibility index (Phi) is 2.63. The number of aromatic nitrogens is 2. The molecule has 0 aliphatic rings. The number of benzene rings is 1. The van der Waals surface area contributed by atoms with Crippen molar-refractivity contribution in [2.24, 2.45) is 0 Å². The van der Waals surface area contributed by atoms with E-state index in [1.165, 1.54) is 0 Å². The Labute approximate surface area is 89.0 Å². The highest BCUT2D eigenvalue weighted by Gasteiger charge is 1.99. The van der Waals surface area contributed by atoms with E-state index in [4.69, 9.17) is 5.73 Å². The maximum atomic E-state index is 5.61. The Morgan fingerprint density at radius 2 is 1.73 bits per heavy atom. The molecule has 3 nitrogen and oxygen atoms in total. The van der Waals surface area contributed by atoms with E-state index < -0.39 is 0 Å². The first kappa shape index (κ1) is 9.65. The summed E-state index contributed by atoms with van der Waals surface area (Å²) < 4.78 is 0. The molecule has 0 saturated heterocycles. The molecule has 0 aliphatic heterocycles. The predicted molar refractivity (Wildman–Crippen MR) is 61.3 cm³/mol. The molecular weight excluding hydrogens is 186 g/mol. The van der Waals surface area contributed by atoms with E-state index in [0.717, 1.165) is 29.1 Å². The molecule has 2 rings (SSSR count). The summed E-state index contributed by atoms with van der Waals surface area (Å²) in [5, 5.41) is 8.27. The number of nitrogens with two attached hydrogens (primary N) is 1. The van der Waals surface area contributed by atoms with Crippen LogP contribution in [0.4, 0.5) is 5.69 Å². The number of hydrogen-bond acceptors (Lipinski definition) is 3. The second-order valence-electron chi connectivity index (χ2n) is 3.39. The van der Waals surface area contributed by atoms with Gasteiger partial charge in [-0.3, -0.25) is 0 Å². The minimum absolute atomic E-state index is 0.761. The summed E-state index contributed by atoms with van der Waals surface area (Å²) in [6.45, 7) is 2.06. The van der Waals surface area contributed by atoms with Crippen molar-refractivity contribution in [1.29, 1.82) is 0 Å². The third-order valence-corrected chi connectivity index (χ3v) is 2.29. The minimum Gasteiger partial charge on any atom is -0.399 e. The third-order valence-electron chi connectivity index (χ3n) is 2.29. The predicted octanol–water partition coefficient (Wildman–Crippen LogP) is 2.29. The SMILES string of the molecule is CCc1ccc(-c2ccc(N)cc2)nn1. The van der Waals surface area contributed by atoms with Gasteiger partial charge in [0.1, 0.15) is 0 Å². The lowest BCUT2D eigenvalue weighted by Gasteiger charge is -2.01. The van der Waals surface area contributed by atoms with Crippen LogP contribution in [-0.2, 0) is 6.42 Å². The van der Waals surface area contributed by atoms with Crippen LogP contribution in [0.15, 0.2) is 36.4 Å². The second kappa shape index (κ2) is 4.09. The quantitative estimate of drug-likeness (QED) is 0.755. The van der Waals surface area contributed by atoms with E-state index >= 15 is 0 Å². The van der Waals surface area contributed by atoms with Gasteiger partial charge in [0.05, 0.1) is 11.4 Å². The van der Waals surface area contributed by atoms with Gasteiger partial charge in [0.25, 0.3) is 0 Å². The molecule has 0 spiro atoms. The van der Waals surface area contributed by atoms with Crippen molar-refractivity contribution in [3.63, 3.8) is 0 Å². The minimum atomic E-state index is 0.761. The van der Waals surface area contributed by atoms with Crippen LogP contribution in [0.1, 0.15) is 12.6 Å². The summed E-state index contributed by atoms with van der Waals surface area (Å²) in [5.41, 5.74) is 9.31. The fourth-order valence-electron chi connectivity index (χ4n) is 1.36. The van der Waals surface area contributed by atoms with E-state index in [2.05, 4.69) is 17.1 Å². The first-order valence-electron chi connectivity index (χ1n) is 4.98. The molecule has 1 heterocycles. The molecule has 0 amide bonds. The fraction of sp³-hybridized carbons (Fsp3) is 0.167. The van der Waals surface area contributed by atoms with Crippen molar-refractivity contribution in [3.05, 3.63) is 42.1 Å². The van der Waals surface area contributed by atoms with Crippen LogP contribution < -0.4 is 5.73 Å². The maximum Gasteiger partial charge on any atom is 0.0929 e. The Hall–Kier alpha value is -1.90. The number of rotatable bonds is 2. The Bertz CT molecular complexity index is 431. The highest BCUT2D eigenvalue weighted by Crippen LogP contribution is 2.17. The van der Waals surface area contributed by atoms with Gasteiger partial charge in [-0.1, -0.05) is 19.1 Å². The largest absolute Gasteiger partial charge is 0.399 e. The molecule has 0 bridgehead atoms. The summed E-state index contributed by atoms with van der Waals surface area (Å²) in [6.07, 6.45) is 0.912. The third kappa shape index (κ3) is 2.13. The first-order valence-corrected chi connectivity index (χ1v) is 4.98. The van der Waals surface area contributed by atoms with Crippen LogP contribution in [0.25, 0.3) is 11.3 Å². The zero-order chi connectivity index (χ0) is 10.7. The standard InChI is InChI=1S/C12H13N3/c1-2-11-7-8-12(15-14-11)9-3-5-10(13)6-4-9/h3-8H,2,13H2,1H3. The topological polar surface area (TPSA) is 51.8 Å². The van der Waals surface area contributed by atoms with Crippen LogP contribution >= 0.6 is 0 Å². The van der Waals surface area contributed by atoms with Gasteiger partial charge in [-0.25, -0.2) is 0 Å². The van der Waals surface area contributed by atoms with Gasteiger partial charge in [-0.15, -0.1) is 0 Å². The molecule has 1 aromatic heterocycles. The van der Waals surface area contributed by atoms with Crippen molar-refractivity contribution in [3.8, 4) is 11.3 Å². The second-order valence-corrected chi connectivity index (χ2v) is 3.39. The van der Waals surface area contributed by atoms with Gasteiger partial charge in [-0.05, 0) is 30.7 Å². The lowest BCUT2D eigenvalue weighted by molar-refractivity contribution is 0.924. The van der Waals surface area contributed by atoms with Crippen LogP contribution in [0.5, 0.6) is 0 Å². The molecule has 0 atom stereocenters. The van der Waals surface area contributed by atoms with Crippen molar-refractivity contribution >= 4 is 5.69 Å². The maximum absolute atomic E-state index is 5.61. The molecule has 3 heteroatoms. The van der Waals surface area contributed by atoms with Gasteiger partial charge in [0.2, 0.25) is 0 Å². The lowest BCUT2D eigenvalue weighted by atomic mass is 10.1. The van der Waals surface area contributed by atoms with E-state index in [-0.39, 0.29) is 0 Å². The van der Waals surface area contributed by atoms with Gasteiger partial charge in [0, 0.05) is 11.3 Å². The smallest absolute Gasteiger partial charge is 0.0929 e. The molecule has 0 fully saturated rings. The van der Waals surface area contributed by atoms with Crippen molar-refractivity contribution in [1.82, 2.24) is 10.2 Å². The van der Waals surface area contributed by atoms with E-state index in [1.54, 1.807) is 0 Å². The molecule has 0 radical (unpaired) electrons. The number of aryl methyl sites for hydroxylation is 1. The average Bonchev–Trinajstić information content (AvgIpc) is 2.30. The van der Waals surface area contributed by atoms with Gasteiger partial charge in [0.15, 0.2) is 0 Å². The Morgan fingerprint density at radius 1 is 1.00 bits per heavy atom.